The average Bonchev–Trinajstić information content (AvgIpc) is 2.84. The molecule has 1 heterocycles. The lowest BCUT2D eigenvalue weighted by atomic mass is 10.1. The van der Waals surface area contributed by atoms with Crippen molar-refractivity contribution in [1.29, 1.82) is 0 Å². The van der Waals surface area contributed by atoms with E-state index in [-0.39, 0.29) is 5.97 Å². The highest BCUT2D eigenvalue weighted by molar-refractivity contribution is 5.90. The Morgan fingerprint density at radius 1 is 1.47 bits per heavy atom. The highest BCUT2D eigenvalue weighted by Crippen LogP contribution is 2.04. The lowest BCUT2D eigenvalue weighted by molar-refractivity contribution is 0.0601. The van der Waals surface area contributed by atoms with Crippen LogP contribution in [-0.2, 0) is 4.74 Å². The maximum absolute atomic E-state index is 11.2. The third-order valence-electron chi connectivity index (χ3n) is 2.28. The van der Waals surface area contributed by atoms with E-state index in [1.165, 1.54) is 18.1 Å². The van der Waals surface area contributed by atoms with Crippen LogP contribution in [0.15, 0.2) is 35.7 Å². The number of esters is 1. The second-order valence-electron chi connectivity index (χ2n) is 3.55. The van der Waals surface area contributed by atoms with E-state index in [9.17, 15) is 4.79 Å². The number of benzene rings is 1. The molecule has 2 aromatic rings. The summed E-state index contributed by atoms with van der Waals surface area (Å²) in [5.41, 5.74) is 3.92. The molecule has 0 saturated carbocycles. The normalized spacial score (nSPS) is 10.6. The summed E-state index contributed by atoms with van der Waals surface area (Å²) in [4.78, 5) is 11.2. The monoisotopic (exact) mass is 260 g/mol. The van der Waals surface area contributed by atoms with Gasteiger partial charge in [-0.25, -0.2) is 14.9 Å². The number of nitrogens with zero attached hydrogens (tertiary/aromatic N) is 4. The van der Waals surface area contributed by atoms with Crippen LogP contribution in [0.4, 0.5) is 5.95 Å². The summed E-state index contributed by atoms with van der Waals surface area (Å²) in [6.45, 7) is 0. The summed E-state index contributed by atoms with van der Waals surface area (Å²) in [7, 11) is 1.34. The molecule has 0 amide bonds. The highest BCUT2D eigenvalue weighted by atomic mass is 16.5. The van der Waals surface area contributed by atoms with E-state index in [0.29, 0.717) is 11.5 Å². The van der Waals surface area contributed by atoms with Crippen LogP contribution in [0.2, 0.25) is 0 Å². The maximum Gasteiger partial charge on any atom is 0.337 e. The van der Waals surface area contributed by atoms with Crippen LogP contribution in [0.5, 0.6) is 0 Å². The van der Waals surface area contributed by atoms with Crippen molar-refractivity contribution >= 4 is 18.1 Å². The zero-order valence-corrected chi connectivity index (χ0v) is 10.1. The van der Waals surface area contributed by atoms with Gasteiger partial charge in [0.1, 0.15) is 6.33 Å². The zero-order chi connectivity index (χ0) is 13.7. The number of anilines is 1. The van der Waals surface area contributed by atoms with Gasteiger partial charge in [0.05, 0.1) is 18.9 Å². The summed E-state index contributed by atoms with van der Waals surface area (Å²) in [5.74, 6) is 5.44. The van der Waals surface area contributed by atoms with Gasteiger partial charge in [0, 0.05) is 0 Å². The Labute approximate surface area is 108 Å². The van der Waals surface area contributed by atoms with Crippen molar-refractivity contribution in [3.8, 4) is 0 Å². The average molecular weight is 260 g/mol. The molecule has 1 aromatic carbocycles. The predicted octanol–water partition coefficient (Wildman–Crippen LogP) is 0.224. The summed E-state index contributed by atoms with van der Waals surface area (Å²) in [5, 5.41) is 11.2. The molecule has 0 saturated heterocycles. The molecule has 2 rings (SSSR count). The molecule has 0 bridgehead atoms. The topological polar surface area (TPSA) is 107 Å². The minimum atomic E-state index is -0.377. The van der Waals surface area contributed by atoms with Gasteiger partial charge in [-0.2, -0.15) is 5.10 Å². The van der Waals surface area contributed by atoms with Crippen molar-refractivity contribution in [2.75, 3.05) is 18.4 Å². The third kappa shape index (κ3) is 3.06. The molecule has 0 radical (unpaired) electrons. The lowest BCUT2D eigenvalue weighted by Gasteiger charge is -1.99. The number of aromatic nitrogens is 3. The smallest absolute Gasteiger partial charge is 0.337 e. The lowest BCUT2D eigenvalue weighted by Crippen LogP contribution is -2.10. The Bertz CT molecular complexity index is 589. The molecule has 3 N–H and O–H groups in total. The van der Waals surface area contributed by atoms with E-state index >= 15 is 0 Å². The number of carbonyl (C=O) groups excluding carboxylic acids is 1. The van der Waals surface area contributed by atoms with Crippen LogP contribution >= 0.6 is 0 Å². The Kier molecular flexibility index (Phi) is 3.72. The van der Waals surface area contributed by atoms with E-state index < -0.39 is 0 Å². The SMILES string of the molecule is COC(=O)c1ccc(C=NNc2nncn2N)cc1. The summed E-state index contributed by atoms with van der Waals surface area (Å²) >= 11 is 0. The molecule has 0 aliphatic heterocycles. The Morgan fingerprint density at radius 3 is 2.79 bits per heavy atom. The molecule has 0 fully saturated rings. The minimum absolute atomic E-state index is 0.322. The van der Waals surface area contributed by atoms with Crippen molar-refractivity contribution in [2.24, 2.45) is 5.10 Å². The first-order chi connectivity index (χ1) is 9.20. The van der Waals surface area contributed by atoms with Gasteiger partial charge < -0.3 is 10.6 Å². The quantitative estimate of drug-likeness (QED) is 0.352. The fourth-order valence-corrected chi connectivity index (χ4v) is 1.31. The second-order valence-corrected chi connectivity index (χ2v) is 3.55. The number of methoxy groups -OCH3 is 1. The van der Waals surface area contributed by atoms with Crippen LogP contribution in [0.1, 0.15) is 15.9 Å². The molecule has 0 atom stereocenters. The van der Waals surface area contributed by atoms with E-state index in [2.05, 4.69) is 25.5 Å². The van der Waals surface area contributed by atoms with Crippen molar-refractivity contribution in [2.45, 2.75) is 0 Å². The van der Waals surface area contributed by atoms with Crippen molar-refractivity contribution < 1.29 is 9.53 Å². The first-order valence-corrected chi connectivity index (χ1v) is 5.33. The van der Waals surface area contributed by atoms with Gasteiger partial charge in [0.15, 0.2) is 0 Å². The Morgan fingerprint density at radius 2 is 2.21 bits per heavy atom. The van der Waals surface area contributed by atoms with E-state index in [1.807, 2.05) is 0 Å². The Hall–Kier alpha value is -2.90. The van der Waals surface area contributed by atoms with Crippen molar-refractivity contribution in [3.05, 3.63) is 41.7 Å². The van der Waals surface area contributed by atoms with E-state index in [1.54, 1.807) is 30.5 Å². The molecule has 0 spiro atoms. The predicted molar refractivity (Wildman–Crippen MR) is 69.2 cm³/mol. The first-order valence-electron chi connectivity index (χ1n) is 5.33. The Balaban J connectivity index is 2.00. The van der Waals surface area contributed by atoms with Gasteiger partial charge in [-0.05, 0) is 17.7 Å². The highest BCUT2D eigenvalue weighted by Gasteiger charge is 2.03. The van der Waals surface area contributed by atoms with Crippen LogP contribution in [0.3, 0.4) is 0 Å². The number of nitrogen functional groups attached to an aromatic ring is 1. The second kappa shape index (κ2) is 5.63. The van der Waals surface area contributed by atoms with Gasteiger partial charge in [-0.15, -0.1) is 10.2 Å². The van der Waals surface area contributed by atoms with Gasteiger partial charge in [-0.3, -0.25) is 0 Å². The molecular formula is C11H12N6O2. The molecule has 8 heteroatoms. The molecule has 0 aliphatic rings. The number of rotatable bonds is 4. The van der Waals surface area contributed by atoms with Gasteiger partial charge in [0.2, 0.25) is 0 Å². The van der Waals surface area contributed by atoms with E-state index in [4.69, 9.17) is 5.84 Å². The van der Waals surface area contributed by atoms with Crippen LogP contribution < -0.4 is 11.3 Å². The van der Waals surface area contributed by atoms with E-state index in [0.717, 1.165) is 5.56 Å². The first kappa shape index (κ1) is 12.6. The maximum atomic E-state index is 11.2. The number of nitrogens with one attached hydrogen (secondary N) is 1. The van der Waals surface area contributed by atoms with Gasteiger partial charge in [0.25, 0.3) is 5.95 Å². The molecule has 98 valence electrons. The molecule has 0 unspecified atom stereocenters. The zero-order valence-electron chi connectivity index (χ0n) is 10.1. The number of hydrogen-bond donors (Lipinski definition) is 2. The number of hydrogen-bond acceptors (Lipinski definition) is 7. The molecule has 0 aliphatic carbocycles. The standard InChI is InChI=1S/C11H12N6O2/c1-19-10(18)9-4-2-8(3-5-9)6-13-15-11-16-14-7-17(11)12/h2-7H,12H2,1H3,(H,15,16). The van der Waals surface area contributed by atoms with Gasteiger partial charge in [-0.1, -0.05) is 12.1 Å². The third-order valence-corrected chi connectivity index (χ3v) is 2.28. The number of hydrazone groups is 1. The summed E-state index contributed by atoms with van der Waals surface area (Å²) in [6, 6.07) is 6.78. The van der Waals surface area contributed by atoms with Gasteiger partial charge >= 0.3 is 5.97 Å². The fraction of sp³-hybridized carbons (Fsp3) is 0.0909. The fourth-order valence-electron chi connectivity index (χ4n) is 1.31. The minimum Gasteiger partial charge on any atom is -0.465 e. The molecule has 1 aromatic heterocycles. The molecule has 8 nitrogen and oxygen atoms in total. The van der Waals surface area contributed by atoms with Crippen molar-refractivity contribution in [1.82, 2.24) is 14.9 Å². The van der Waals surface area contributed by atoms with Crippen molar-refractivity contribution in [3.63, 3.8) is 0 Å². The molecular weight excluding hydrogens is 248 g/mol. The van der Waals surface area contributed by atoms with Crippen LogP contribution in [0, 0.1) is 0 Å². The van der Waals surface area contributed by atoms with Crippen LogP contribution in [0.25, 0.3) is 0 Å². The number of ether oxygens (including phenoxy) is 1. The summed E-state index contributed by atoms with van der Waals surface area (Å²) < 4.78 is 5.81. The number of nitrogens with two attached hydrogens (primary N) is 1. The number of carbonyl (C=O) groups is 1. The largest absolute Gasteiger partial charge is 0.465 e. The summed E-state index contributed by atoms with van der Waals surface area (Å²) in [6.07, 6.45) is 2.92. The molecule has 19 heavy (non-hydrogen) atoms. The van der Waals surface area contributed by atoms with Crippen LogP contribution in [-0.4, -0.2) is 34.2 Å².